The van der Waals surface area contributed by atoms with Crippen LogP contribution in [0.4, 0.5) is 0 Å². The number of aromatic nitrogens is 3. The molecule has 0 spiro atoms. The first-order valence-corrected chi connectivity index (χ1v) is 5.93. The van der Waals surface area contributed by atoms with Crippen molar-refractivity contribution in [1.82, 2.24) is 19.9 Å². The van der Waals surface area contributed by atoms with Crippen LogP contribution in [0, 0.1) is 0 Å². The number of nitrogens with zero attached hydrogens (tertiary/aromatic N) is 3. The van der Waals surface area contributed by atoms with E-state index in [1.807, 2.05) is 17.8 Å². The number of aryl methyl sites for hydroxylation is 1. The molecule has 2 rings (SSSR count). The third-order valence-electron chi connectivity index (χ3n) is 2.45. The molecule has 0 fully saturated rings. The first-order chi connectivity index (χ1) is 8.29. The summed E-state index contributed by atoms with van der Waals surface area (Å²) >= 11 is 0. The largest absolute Gasteiger partial charge is 0.439 e. The van der Waals surface area contributed by atoms with Crippen molar-refractivity contribution in [2.75, 3.05) is 13.1 Å². The first-order valence-electron chi connectivity index (χ1n) is 5.93. The van der Waals surface area contributed by atoms with Gasteiger partial charge in [-0.05, 0) is 13.0 Å². The normalized spacial score (nSPS) is 10.9. The highest BCUT2D eigenvalue weighted by atomic mass is 16.4. The molecule has 0 amide bonds. The van der Waals surface area contributed by atoms with E-state index in [0.29, 0.717) is 0 Å². The zero-order valence-electron chi connectivity index (χ0n) is 10.3. The fraction of sp³-hybridized carbons (Fsp3) is 0.500. The molecule has 0 aliphatic rings. The summed E-state index contributed by atoms with van der Waals surface area (Å²) in [6, 6.07) is 0. The Morgan fingerprint density at radius 1 is 1.35 bits per heavy atom. The second kappa shape index (κ2) is 5.63. The highest BCUT2D eigenvalue weighted by Gasteiger charge is 2.08. The second-order valence-electron chi connectivity index (χ2n) is 4.04. The average Bonchev–Trinajstić information content (AvgIpc) is 2.93. The zero-order chi connectivity index (χ0) is 12.1. The topological polar surface area (TPSA) is 55.9 Å². The molecule has 0 atom stereocenters. The van der Waals surface area contributed by atoms with Crippen LogP contribution in [0.25, 0.3) is 11.5 Å². The summed E-state index contributed by atoms with van der Waals surface area (Å²) in [6.45, 7) is 4.08. The van der Waals surface area contributed by atoms with Gasteiger partial charge in [0.15, 0.2) is 11.7 Å². The minimum atomic E-state index is 0.732. The summed E-state index contributed by atoms with van der Waals surface area (Å²) in [4.78, 5) is 8.47. The molecular weight excluding hydrogens is 216 g/mol. The first kappa shape index (κ1) is 11.9. The van der Waals surface area contributed by atoms with Crippen LogP contribution in [0.5, 0.6) is 0 Å². The Morgan fingerprint density at radius 3 is 2.94 bits per heavy atom. The van der Waals surface area contributed by atoms with E-state index in [0.717, 1.165) is 43.3 Å². The third kappa shape index (κ3) is 3.17. The maximum Gasteiger partial charge on any atom is 0.196 e. The number of hydrogen-bond acceptors (Lipinski definition) is 4. The molecular formula is C12H18N4O. The van der Waals surface area contributed by atoms with E-state index in [-0.39, 0.29) is 0 Å². The average molecular weight is 234 g/mol. The van der Waals surface area contributed by atoms with Crippen LogP contribution < -0.4 is 5.32 Å². The Balaban J connectivity index is 1.92. The van der Waals surface area contributed by atoms with E-state index >= 15 is 0 Å². The van der Waals surface area contributed by atoms with Crippen molar-refractivity contribution in [2.45, 2.75) is 19.8 Å². The van der Waals surface area contributed by atoms with E-state index < -0.39 is 0 Å². The van der Waals surface area contributed by atoms with Crippen molar-refractivity contribution < 1.29 is 4.42 Å². The number of oxazole rings is 1. The summed E-state index contributed by atoms with van der Waals surface area (Å²) in [5.74, 6) is 1.49. The fourth-order valence-electron chi connectivity index (χ4n) is 1.58. The van der Waals surface area contributed by atoms with E-state index in [4.69, 9.17) is 4.42 Å². The van der Waals surface area contributed by atoms with Gasteiger partial charge in [-0.15, -0.1) is 0 Å². The highest BCUT2D eigenvalue weighted by molar-refractivity contribution is 5.48. The maximum atomic E-state index is 5.64. The van der Waals surface area contributed by atoms with Crippen molar-refractivity contribution in [2.24, 2.45) is 7.05 Å². The molecule has 92 valence electrons. The Hall–Kier alpha value is -1.62. The Labute approximate surface area is 101 Å². The molecule has 5 nitrogen and oxygen atoms in total. The Morgan fingerprint density at radius 2 is 2.24 bits per heavy atom. The smallest absolute Gasteiger partial charge is 0.196 e. The molecule has 0 radical (unpaired) electrons. The quantitative estimate of drug-likeness (QED) is 0.772. The number of nitrogens with one attached hydrogen (secondary N) is 1. The van der Waals surface area contributed by atoms with Gasteiger partial charge in [0.25, 0.3) is 0 Å². The van der Waals surface area contributed by atoms with Gasteiger partial charge in [0, 0.05) is 26.2 Å². The molecule has 17 heavy (non-hydrogen) atoms. The van der Waals surface area contributed by atoms with Gasteiger partial charge in [0.1, 0.15) is 5.69 Å². The van der Waals surface area contributed by atoms with Gasteiger partial charge >= 0.3 is 0 Å². The zero-order valence-corrected chi connectivity index (χ0v) is 10.3. The van der Waals surface area contributed by atoms with Crippen LogP contribution >= 0.6 is 0 Å². The molecule has 0 aliphatic heterocycles. The number of hydrogen-bond donors (Lipinski definition) is 1. The van der Waals surface area contributed by atoms with E-state index in [1.54, 1.807) is 12.5 Å². The third-order valence-corrected chi connectivity index (χ3v) is 2.45. The molecule has 0 unspecified atom stereocenters. The van der Waals surface area contributed by atoms with Gasteiger partial charge in [0.2, 0.25) is 0 Å². The second-order valence-corrected chi connectivity index (χ2v) is 4.04. The van der Waals surface area contributed by atoms with E-state index in [2.05, 4.69) is 22.2 Å². The van der Waals surface area contributed by atoms with Crippen LogP contribution in [-0.2, 0) is 13.5 Å². The molecule has 1 N–H and O–H groups in total. The van der Waals surface area contributed by atoms with Crippen LogP contribution in [0.2, 0.25) is 0 Å². The van der Waals surface area contributed by atoms with Crippen molar-refractivity contribution >= 4 is 0 Å². The van der Waals surface area contributed by atoms with Gasteiger partial charge in [0.05, 0.1) is 12.5 Å². The van der Waals surface area contributed by atoms with Crippen LogP contribution in [0.15, 0.2) is 23.1 Å². The SMILES string of the molecule is CCCNCCc1ncc(-c2cn(C)cn2)o1. The highest BCUT2D eigenvalue weighted by Crippen LogP contribution is 2.17. The predicted molar refractivity (Wildman–Crippen MR) is 65.6 cm³/mol. The van der Waals surface area contributed by atoms with Crippen molar-refractivity contribution in [3.63, 3.8) is 0 Å². The molecule has 5 heteroatoms. The van der Waals surface area contributed by atoms with Gasteiger partial charge in [-0.2, -0.15) is 0 Å². The minimum Gasteiger partial charge on any atom is -0.439 e. The summed E-state index contributed by atoms with van der Waals surface area (Å²) in [7, 11) is 1.93. The lowest BCUT2D eigenvalue weighted by Gasteiger charge is -1.98. The molecule has 0 saturated carbocycles. The summed E-state index contributed by atoms with van der Waals surface area (Å²) in [6.07, 6.45) is 7.36. The summed E-state index contributed by atoms with van der Waals surface area (Å²) < 4.78 is 7.53. The lowest BCUT2D eigenvalue weighted by atomic mass is 10.4. The number of rotatable bonds is 6. The van der Waals surface area contributed by atoms with Crippen molar-refractivity contribution in [3.8, 4) is 11.5 Å². The fourth-order valence-corrected chi connectivity index (χ4v) is 1.58. The molecule has 0 bridgehead atoms. The molecule has 0 aliphatic carbocycles. The standard InChI is InChI=1S/C12H18N4O/c1-3-5-13-6-4-12-14-7-11(17-12)10-8-16(2)9-15-10/h7-9,13H,3-6H2,1-2H3. The van der Waals surface area contributed by atoms with Gasteiger partial charge < -0.3 is 14.3 Å². The summed E-state index contributed by atoms with van der Waals surface area (Å²) in [5, 5.41) is 3.32. The van der Waals surface area contributed by atoms with Crippen molar-refractivity contribution in [3.05, 3.63) is 24.6 Å². The monoisotopic (exact) mass is 234 g/mol. The Kier molecular flexibility index (Phi) is 3.93. The molecule has 2 aromatic rings. The molecule has 0 aromatic carbocycles. The molecule has 0 saturated heterocycles. The van der Waals surface area contributed by atoms with Crippen LogP contribution in [0.3, 0.4) is 0 Å². The molecule has 2 aromatic heterocycles. The lowest BCUT2D eigenvalue weighted by Crippen LogP contribution is -2.17. The summed E-state index contributed by atoms with van der Waals surface area (Å²) in [5.41, 5.74) is 0.827. The van der Waals surface area contributed by atoms with Crippen molar-refractivity contribution in [1.29, 1.82) is 0 Å². The van der Waals surface area contributed by atoms with Gasteiger partial charge in [-0.25, -0.2) is 9.97 Å². The maximum absolute atomic E-state index is 5.64. The minimum absolute atomic E-state index is 0.732. The predicted octanol–water partition coefficient (Wildman–Crippen LogP) is 1.62. The van der Waals surface area contributed by atoms with Crippen LogP contribution in [-0.4, -0.2) is 27.6 Å². The molecule has 2 heterocycles. The van der Waals surface area contributed by atoms with E-state index in [9.17, 15) is 0 Å². The Bertz CT molecular complexity index is 461. The number of imidazole rings is 1. The van der Waals surface area contributed by atoms with E-state index in [1.165, 1.54) is 0 Å². The van der Waals surface area contributed by atoms with Gasteiger partial charge in [-0.3, -0.25) is 0 Å². The lowest BCUT2D eigenvalue weighted by molar-refractivity contribution is 0.494. The van der Waals surface area contributed by atoms with Crippen LogP contribution in [0.1, 0.15) is 19.2 Å². The van der Waals surface area contributed by atoms with Gasteiger partial charge in [-0.1, -0.05) is 6.92 Å².